The maximum absolute atomic E-state index is 12.3. The van der Waals surface area contributed by atoms with Gasteiger partial charge in [0.15, 0.2) is 0 Å². The number of nitrogens with one attached hydrogen (secondary N) is 1. The van der Waals surface area contributed by atoms with Crippen molar-refractivity contribution in [3.8, 4) is 0 Å². The van der Waals surface area contributed by atoms with Crippen molar-refractivity contribution in [3.63, 3.8) is 0 Å². The Bertz CT molecular complexity index is 853. The van der Waals surface area contributed by atoms with Crippen LogP contribution in [0.2, 0.25) is 5.02 Å². The number of halogens is 1. The fourth-order valence-corrected chi connectivity index (χ4v) is 2.98. The van der Waals surface area contributed by atoms with Crippen LogP contribution in [0, 0.1) is 5.92 Å². The first-order valence-electron chi connectivity index (χ1n) is 7.87. The molecule has 9 nitrogen and oxygen atoms in total. The van der Waals surface area contributed by atoms with Gasteiger partial charge in [-0.2, -0.15) is 0 Å². The van der Waals surface area contributed by atoms with Gasteiger partial charge >= 0.3 is 5.97 Å². The number of carboxylic acids is 1. The van der Waals surface area contributed by atoms with Crippen molar-refractivity contribution in [1.82, 2.24) is 20.3 Å². The molecule has 2 N–H and O–H groups in total. The number of hydrogen-bond donors (Lipinski definition) is 2. The molecule has 2 heterocycles. The number of amides is 2. The molecular weight excluding hydrogens is 362 g/mol. The van der Waals surface area contributed by atoms with E-state index in [4.69, 9.17) is 16.7 Å². The summed E-state index contributed by atoms with van der Waals surface area (Å²) in [6.07, 6.45) is 1.55. The molecule has 1 aliphatic heterocycles. The lowest BCUT2D eigenvalue weighted by molar-refractivity contribution is -0.138. The van der Waals surface area contributed by atoms with Crippen LogP contribution in [0.15, 0.2) is 30.5 Å². The molecule has 1 aromatic heterocycles. The molecule has 0 radical (unpaired) electrons. The quantitative estimate of drug-likeness (QED) is 0.764. The van der Waals surface area contributed by atoms with Crippen LogP contribution in [0.5, 0.6) is 0 Å². The third kappa shape index (κ3) is 3.99. The highest BCUT2D eigenvalue weighted by Crippen LogP contribution is 2.30. The summed E-state index contributed by atoms with van der Waals surface area (Å²) < 4.78 is 1.17. The number of rotatable bonds is 6. The molecular formula is C16H16ClN5O4. The number of para-hydroxylation sites is 1. The third-order valence-electron chi connectivity index (χ3n) is 3.97. The fraction of sp³-hybridized carbons (Fsp3) is 0.312. The van der Waals surface area contributed by atoms with Gasteiger partial charge in [0.1, 0.15) is 12.2 Å². The highest BCUT2D eigenvalue weighted by molar-refractivity contribution is 6.33. The van der Waals surface area contributed by atoms with Crippen molar-refractivity contribution >= 4 is 35.1 Å². The molecule has 1 unspecified atom stereocenters. The van der Waals surface area contributed by atoms with Crippen LogP contribution < -0.4 is 10.2 Å². The van der Waals surface area contributed by atoms with E-state index in [1.54, 1.807) is 24.3 Å². The van der Waals surface area contributed by atoms with Crippen molar-refractivity contribution in [2.45, 2.75) is 19.5 Å². The number of nitrogens with zero attached hydrogens (tertiary/aromatic N) is 4. The monoisotopic (exact) mass is 377 g/mol. The van der Waals surface area contributed by atoms with Crippen LogP contribution in [0.1, 0.15) is 12.1 Å². The standard InChI is InChI=1S/C16H16ClN5O4/c17-12-3-1-2-4-13(12)22-7-10(5-14(22)23)16(26)18-6-11-8-21(20-19-11)9-15(24)25/h1-4,8,10H,5-7,9H2,(H,18,26)(H,24,25). The van der Waals surface area contributed by atoms with Crippen molar-refractivity contribution in [3.05, 3.63) is 41.2 Å². The van der Waals surface area contributed by atoms with Gasteiger partial charge in [-0.25, -0.2) is 4.68 Å². The van der Waals surface area contributed by atoms with Gasteiger partial charge in [-0.3, -0.25) is 14.4 Å². The largest absolute Gasteiger partial charge is 0.480 e. The minimum Gasteiger partial charge on any atom is -0.480 e. The Balaban J connectivity index is 1.57. The van der Waals surface area contributed by atoms with Gasteiger partial charge in [0.05, 0.1) is 29.4 Å². The lowest BCUT2D eigenvalue weighted by Crippen LogP contribution is -2.32. The zero-order valence-electron chi connectivity index (χ0n) is 13.6. The van der Waals surface area contributed by atoms with Gasteiger partial charge in [-0.05, 0) is 12.1 Å². The minimum atomic E-state index is -1.03. The van der Waals surface area contributed by atoms with Gasteiger partial charge in [0.2, 0.25) is 11.8 Å². The van der Waals surface area contributed by atoms with Gasteiger partial charge < -0.3 is 15.3 Å². The third-order valence-corrected chi connectivity index (χ3v) is 4.29. The van der Waals surface area contributed by atoms with Crippen LogP contribution in [0.25, 0.3) is 0 Å². The van der Waals surface area contributed by atoms with Crippen molar-refractivity contribution in [1.29, 1.82) is 0 Å². The lowest BCUT2D eigenvalue weighted by Gasteiger charge is -2.17. The topological polar surface area (TPSA) is 117 Å². The summed E-state index contributed by atoms with van der Waals surface area (Å²) >= 11 is 6.12. The number of aromatic nitrogens is 3. The van der Waals surface area contributed by atoms with E-state index >= 15 is 0 Å². The van der Waals surface area contributed by atoms with E-state index < -0.39 is 11.9 Å². The SMILES string of the molecule is O=C(O)Cn1cc(CNC(=O)C2CC(=O)N(c3ccccc3Cl)C2)nn1. The van der Waals surface area contributed by atoms with Gasteiger partial charge in [0.25, 0.3) is 0 Å². The summed E-state index contributed by atoms with van der Waals surface area (Å²) in [5.74, 6) is -1.96. The summed E-state index contributed by atoms with van der Waals surface area (Å²) in [7, 11) is 0. The maximum Gasteiger partial charge on any atom is 0.325 e. The smallest absolute Gasteiger partial charge is 0.325 e. The minimum absolute atomic E-state index is 0.1000. The van der Waals surface area contributed by atoms with Crippen LogP contribution in [0.4, 0.5) is 5.69 Å². The predicted molar refractivity (Wildman–Crippen MR) is 91.4 cm³/mol. The molecule has 0 saturated carbocycles. The first-order valence-corrected chi connectivity index (χ1v) is 8.25. The molecule has 1 saturated heterocycles. The summed E-state index contributed by atoms with van der Waals surface area (Å²) in [6, 6.07) is 6.98. The van der Waals surface area contributed by atoms with E-state index in [-0.39, 0.29) is 37.9 Å². The Morgan fingerprint density at radius 2 is 2.12 bits per heavy atom. The van der Waals surface area contributed by atoms with Gasteiger partial charge in [-0.1, -0.05) is 28.9 Å². The summed E-state index contributed by atoms with van der Waals surface area (Å²) in [5.41, 5.74) is 1.03. The highest BCUT2D eigenvalue weighted by Gasteiger charge is 2.35. The number of hydrogen-bond acceptors (Lipinski definition) is 5. The summed E-state index contributed by atoms with van der Waals surface area (Å²) in [5, 5.41) is 19.3. The molecule has 1 atom stereocenters. The van der Waals surface area contributed by atoms with Gasteiger partial charge in [0, 0.05) is 13.0 Å². The number of carbonyl (C=O) groups excluding carboxylic acids is 2. The average molecular weight is 378 g/mol. The maximum atomic E-state index is 12.3. The Morgan fingerprint density at radius 1 is 1.35 bits per heavy atom. The van der Waals surface area contributed by atoms with E-state index in [0.717, 1.165) is 0 Å². The van der Waals surface area contributed by atoms with E-state index in [9.17, 15) is 14.4 Å². The number of aliphatic carboxylic acids is 1. The van der Waals surface area contributed by atoms with E-state index in [2.05, 4.69) is 15.6 Å². The average Bonchev–Trinajstić information content (AvgIpc) is 3.19. The molecule has 1 aromatic carbocycles. The predicted octanol–water partition coefficient (Wildman–Crippen LogP) is 0.685. The van der Waals surface area contributed by atoms with Crippen molar-refractivity contribution < 1.29 is 19.5 Å². The number of carbonyl (C=O) groups is 3. The Hall–Kier alpha value is -2.94. The molecule has 0 bridgehead atoms. The fourth-order valence-electron chi connectivity index (χ4n) is 2.74. The highest BCUT2D eigenvalue weighted by atomic mass is 35.5. The molecule has 0 spiro atoms. The van der Waals surface area contributed by atoms with Gasteiger partial charge in [-0.15, -0.1) is 5.10 Å². The number of carboxylic acid groups (broad SMARTS) is 1. The lowest BCUT2D eigenvalue weighted by atomic mass is 10.1. The summed E-state index contributed by atoms with van der Waals surface area (Å²) in [4.78, 5) is 36.7. The second-order valence-electron chi connectivity index (χ2n) is 5.88. The van der Waals surface area contributed by atoms with Crippen LogP contribution in [-0.4, -0.2) is 44.4 Å². The zero-order valence-corrected chi connectivity index (χ0v) is 14.4. The first-order chi connectivity index (χ1) is 12.4. The van der Waals surface area contributed by atoms with E-state index in [0.29, 0.717) is 16.4 Å². The zero-order chi connectivity index (χ0) is 18.7. The second-order valence-corrected chi connectivity index (χ2v) is 6.28. The molecule has 26 heavy (non-hydrogen) atoms. The Kier molecular flexibility index (Phi) is 5.17. The van der Waals surface area contributed by atoms with Crippen LogP contribution >= 0.6 is 11.6 Å². The van der Waals surface area contributed by atoms with Crippen molar-refractivity contribution in [2.75, 3.05) is 11.4 Å². The van der Waals surface area contributed by atoms with E-state index in [1.165, 1.54) is 15.8 Å². The van der Waals surface area contributed by atoms with Crippen LogP contribution in [0.3, 0.4) is 0 Å². The Morgan fingerprint density at radius 3 is 2.85 bits per heavy atom. The Labute approximate surface area is 153 Å². The number of benzene rings is 1. The second kappa shape index (κ2) is 7.52. The molecule has 1 aliphatic rings. The molecule has 1 fully saturated rings. The van der Waals surface area contributed by atoms with Crippen LogP contribution in [-0.2, 0) is 27.5 Å². The molecule has 0 aliphatic carbocycles. The normalized spacial score (nSPS) is 16.7. The summed E-state index contributed by atoms with van der Waals surface area (Å²) in [6.45, 7) is 0.0558. The van der Waals surface area contributed by atoms with E-state index in [1.807, 2.05) is 0 Å². The number of anilines is 1. The molecule has 2 amide bonds. The van der Waals surface area contributed by atoms with Crippen molar-refractivity contribution in [2.24, 2.45) is 5.92 Å². The first kappa shape index (κ1) is 17.9. The molecule has 2 aromatic rings. The molecule has 10 heteroatoms. The molecule has 3 rings (SSSR count). The molecule has 136 valence electrons.